The molecule has 0 amide bonds. The van der Waals surface area contributed by atoms with Crippen molar-refractivity contribution in [3.63, 3.8) is 0 Å². The Morgan fingerprint density at radius 1 is 1.12 bits per heavy atom. The number of hydrogen-bond acceptors (Lipinski definition) is 4. The van der Waals surface area contributed by atoms with Gasteiger partial charge in [0.25, 0.3) is 0 Å². The van der Waals surface area contributed by atoms with E-state index in [0.29, 0.717) is 17.8 Å². The molecule has 4 nitrogen and oxygen atoms in total. The van der Waals surface area contributed by atoms with Gasteiger partial charge in [-0.25, -0.2) is 4.39 Å². The average molecular weight is 346 g/mol. The van der Waals surface area contributed by atoms with Crippen LogP contribution in [0, 0.1) is 29.0 Å². The van der Waals surface area contributed by atoms with Crippen LogP contribution >= 0.6 is 0 Å². The highest BCUT2D eigenvalue weighted by atomic mass is 19.1. The Kier molecular flexibility index (Phi) is 4.05. The van der Waals surface area contributed by atoms with Gasteiger partial charge < -0.3 is 9.47 Å². The average Bonchev–Trinajstić information content (AvgIpc) is 2.58. The summed E-state index contributed by atoms with van der Waals surface area (Å²) in [4.78, 5) is 25.0. The highest BCUT2D eigenvalue weighted by Gasteiger charge is 2.55. The van der Waals surface area contributed by atoms with Gasteiger partial charge in [-0.15, -0.1) is 0 Å². The minimum atomic E-state index is -0.597. The lowest BCUT2D eigenvalue weighted by Gasteiger charge is -2.55. The van der Waals surface area contributed by atoms with Gasteiger partial charge in [-0.1, -0.05) is 0 Å². The zero-order chi connectivity index (χ0) is 17.6. The Morgan fingerprint density at radius 2 is 1.72 bits per heavy atom. The van der Waals surface area contributed by atoms with Crippen LogP contribution < -0.4 is 4.74 Å². The molecule has 4 saturated carbocycles. The molecule has 4 bridgehead atoms. The van der Waals surface area contributed by atoms with E-state index < -0.39 is 5.82 Å². The molecule has 0 aliphatic heterocycles. The van der Waals surface area contributed by atoms with E-state index in [9.17, 15) is 14.0 Å². The second-order valence-electron chi connectivity index (χ2n) is 8.05. The molecule has 1 aromatic rings. The standard InChI is InChI=1S/C20H23FO4/c1-24-18-3-2-15(7-16(18)21)17(22)11-25-19(23)20-8-12-4-13(9-20)6-14(5-12)10-20/h2-3,7,12-14H,4-6,8-11H2,1H3. The molecule has 0 N–H and O–H groups in total. The van der Waals surface area contributed by atoms with Gasteiger partial charge in [-0.05, 0) is 74.5 Å². The van der Waals surface area contributed by atoms with Crippen molar-refractivity contribution >= 4 is 11.8 Å². The summed E-state index contributed by atoms with van der Waals surface area (Å²) in [5.74, 6) is 0.803. The number of halogens is 1. The molecule has 5 rings (SSSR count). The highest BCUT2D eigenvalue weighted by molar-refractivity contribution is 5.98. The normalized spacial score (nSPS) is 32.5. The van der Waals surface area contributed by atoms with Gasteiger partial charge >= 0.3 is 5.97 Å². The molecule has 0 heterocycles. The molecule has 25 heavy (non-hydrogen) atoms. The number of ether oxygens (including phenoxy) is 2. The zero-order valence-electron chi connectivity index (χ0n) is 14.4. The lowest BCUT2D eigenvalue weighted by atomic mass is 9.49. The molecule has 4 aliphatic rings. The van der Waals surface area contributed by atoms with Crippen LogP contribution in [0.3, 0.4) is 0 Å². The Hall–Kier alpha value is -1.91. The first-order chi connectivity index (χ1) is 12.0. The van der Waals surface area contributed by atoms with Gasteiger partial charge in [0.15, 0.2) is 24.0 Å². The summed E-state index contributed by atoms with van der Waals surface area (Å²) in [5.41, 5.74) is -0.184. The third-order valence-electron chi connectivity index (χ3n) is 6.28. The number of rotatable bonds is 5. The van der Waals surface area contributed by atoms with Crippen LogP contribution in [0.5, 0.6) is 5.75 Å². The van der Waals surface area contributed by atoms with E-state index in [2.05, 4.69) is 0 Å². The van der Waals surface area contributed by atoms with Crippen LogP contribution in [0.2, 0.25) is 0 Å². The van der Waals surface area contributed by atoms with E-state index in [1.54, 1.807) is 0 Å². The quantitative estimate of drug-likeness (QED) is 0.601. The summed E-state index contributed by atoms with van der Waals surface area (Å²) >= 11 is 0. The van der Waals surface area contributed by atoms with Crippen LogP contribution in [0.4, 0.5) is 4.39 Å². The van der Waals surface area contributed by atoms with Crippen molar-refractivity contribution in [2.45, 2.75) is 38.5 Å². The molecular weight excluding hydrogens is 323 g/mol. The van der Waals surface area contributed by atoms with Crippen molar-refractivity contribution in [2.24, 2.45) is 23.2 Å². The molecule has 134 valence electrons. The minimum Gasteiger partial charge on any atom is -0.494 e. The second kappa shape index (κ2) is 6.11. The SMILES string of the molecule is COc1ccc(C(=O)COC(=O)C23CC4CC(CC(C4)C2)C3)cc1F. The maximum atomic E-state index is 13.7. The van der Waals surface area contributed by atoms with E-state index in [4.69, 9.17) is 9.47 Å². The third kappa shape index (κ3) is 2.94. The zero-order valence-corrected chi connectivity index (χ0v) is 14.4. The van der Waals surface area contributed by atoms with Crippen LogP contribution in [-0.4, -0.2) is 25.5 Å². The third-order valence-corrected chi connectivity index (χ3v) is 6.28. The fourth-order valence-corrected chi connectivity index (χ4v) is 5.57. The summed E-state index contributed by atoms with van der Waals surface area (Å²) in [6.45, 7) is -0.327. The topological polar surface area (TPSA) is 52.6 Å². The van der Waals surface area contributed by atoms with Gasteiger partial charge in [-0.2, -0.15) is 0 Å². The molecule has 0 radical (unpaired) electrons. The largest absolute Gasteiger partial charge is 0.494 e. The first-order valence-corrected chi connectivity index (χ1v) is 9.03. The lowest BCUT2D eigenvalue weighted by Crippen LogP contribution is -2.50. The van der Waals surface area contributed by atoms with Crippen molar-refractivity contribution < 1.29 is 23.5 Å². The Labute approximate surface area is 146 Å². The number of Topliss-reactive ketones (excluding diaryl/α,β-unsaturated/α-hetero) is 1. The molecule has 0 atom stereocenters. The molecular formula is C20H23FO4. The summed E-state index contributed by atoms with van der Waals surface area (Å²) in [6, 6.07) is 4.02. The smallest absolute Gasteiger partial charge is 0.312 e. The van der Waals surface area contributed by atoms with E-state index in [1.165, 1.54) is 38.5 Å². The number of esters is 1. The van der Waals surface area contributed by atoms with Crippen molar-refractivity contribution in [2.75, 3.05) is 13.7 Å². The Morgan fingerprint density at radius 3 is 2.24 bits per heavy atom. The number of methoxy groups -OCH3 is 1. The van der Waals surface area contributed by atoms with E-state index in [0.717, 1.165) is 25.3 Å². The predicted molar refractivity (Wildman–Crippen MR) is 88.8 cm³/mol. The molecule has 4 fully saturated rings. The summed E-state index contributed by atoms with van der Waals surface area (Å²) in [7, 11) is 1.37. The molecule has 0 unspecified atom stereocenters. The van der Waals surface area contributed by atoms with Crippen LogP contribution in [0.25, 0.3) is 0 Å². The van der Waals surface area contributed by atoms with Crippen LogP contribution in [0.15, 0.2) is 18.2 Å². The number of carbonyl (C=O) groups is 2. The number of carbonyl (C=O) groups excluding carboxylic acids is 2. The predicted octanol–water partition coefficient (Wildman–Crippen LogP) is 3.78. The van der Waals surface area contributed by atoms with Gasteiger partial charge in [0.2, 0.25) is 0 Å². The highest BCUT2D eigenvalue weighted by Crippen LogP contribution is 2.60. The van der Waals surface area contributed by atoms with E-state index in [-0.39, 0.29) is 35.1 Å². The molecule has 0 spiro atoms. The maximum absolute atomic E-state index is 13.7. The van der Waals surface area contributed by atoms with E-state index in [1.807, 2.05) is 0 Å². The Balaban J connectivity index is 1.40. The monoisotopic (exact) mass is 346 g/mol. The van der Waals surface area contributed by atoms with Gasteiger partial charge in [-0.3, -0.25) is 9.59 Å². The van der Waals surface area contributed by atoms with Crippen LogP contribution in [-0.2, 0) is 9.53 Å². The molecule has 0 saturated heterocycles. The van der Waals surface area contributed by atoms with Crippen molar-refractivity contribution in [1.29, 1.82) is 0 Å². The molecule has 0 aromatic heterocycles. The van der Waals surface area contributed by atoms with Crippen molar-refractivity contribution in [3.8, 4) is 5.75 Å². The fraction of sp³-hybridized carbons (Fsp3) is 0.600. The first-order valence-electron chi connectivity index (χ1n) is 9.03. The molecule has 5 heteroatoms. The lowest BCUT2D eigenvalue weighted by molar-refractivity contribution is -0.170. The fourth-order valence-electron chi connectivity index (χ4n) is 5.57. The summed E-state index contributed by atoms with van der Waals surface area (Å²) < 4.78 is 24.0. The maximum Gasteiger partial charge on any atom is 0.312 e. The summed E-state index contributed by atoms with van der Waals surface area (Å²) in [5, 5.41) is 0. The van der Waals surface area contributed by atoms with Gasteiger partial charge in [0, 0.05) is 5.56 Å². The van der Waals surface area contributed by atoms with E-state index >= 15 is 0 Å². The van der Waals surface area contributed by atoms with Crippen molar-refractivity contribution in [1.82, 2.24) is 0 Å². The van der Waals surface area contributed by atoms with Crippen molar-refractivity contribution in [3.05, 3.63) is 29.6 Å². The van der Waals surface area contributed by atoms with Gasteiger partial charge in [0.05, 0.1) is 12.5 Å². The second-order valence-corrected chi connectivity index (χ2v) is 8.05. The number of ketones is 1. The number of benzene rings is 1. The first kappa shape index (κ1) is 16.6. The summed E-state index contributed by atoms with van der Waals surface area (Å²) in [6.07, 6.45) is 6.46. The Bertz CT molecular complexity index is 676. The van der Waals surface area contributed by atoms with Gasteiger partial charge in [0.1, 0.15) is 0 Å². The van der Waals surface area contributed by atoms with Crippen LogP contribution in [0.1, 0.15) is 48.9 Å². The molecule has 4 aliphatic carbocycles. The minimum absolute atomic E-state index is 0.0853. The number of hydrogen-bond donors (Lipinski definition) is 0. The molecule has 1 aromatic carbocycles.